The minimum Gasteiger partial charge on any atom is -0.442 e. The molecule has 0 saturated heterocycles. The van der Waals surface area contributed by atoms with E-state index < -0.39 is 23.4 Å². The average molecular weight is 1360 g/mol. The number of aromatic nitrogens is 8. The summed E-state index contributed by atoms with van der Waals surface area (Å²) in [6, 6.07) is 17.9. The summed E-state index contributed by atoms with van der Waals surface area (Å²) in [5.74, 6) is -0.368. The van der Waals surface area contributed by atoms with Crippen LogP contribution in [0, 0.1) is 0 Å². The molecular formula is C46H45Br4Cl2N12O7PS2. The highest BCUT2D eigenvalue weighted by atomic mass is 80.0. The molecule has 74 heavy (non-hydrogen) atoms. The van der Waals surface area contributed by atoms with Crippen LogP contribution in [-0.2, 0) is 31.0 Å². The first-order valence-corrected chi connectivity index (χ1v) is 32.5. The van der Waals surface area contributed by atoms with E-state index in [-0.39, 0.29) is 22.5 Å². The standard InChI is InChI=1S/C23H22BrClN6O3S.C23H23ClN6O4S.Br3P/c1-12(32)27-15-8-13(10-24)7-14(9-15)20-29-30-21(35-20)28-17-5-6-18-16(19(17)25)11-26-31(18)22(33)34-23(2,3)4;1-12(32)26-15-8-13(11-31)7-14(9-15)20-28-29-21(35-20)27-17-5-6-18-16(19(17)24)10-25-30(18)22(33)34-23(2,3)4;1-4(2)3/h5-9,11H,10H2,1-4H3,(H,27,32)(H,28,30);5-10,31H,11H2,1-4H3,(H,26,32)(H,27,29);. The molecule has 0 fully saturated rings. The number of nitrogens with zero attached hydrogens (tertiary/aromatic N) is 8. The number of aliphatic hydroxyl groups is 1. The van der Waals surface area contributed by atoms with E-state index in [9.17, 15) is 24.3 Å². The first-order chi connectivity index (χ1) is 34.8. The van der Waals surface area contributed by atoms with Crippen molar-refractivity contribution in [3.05, 3.63) is 94.2 Å². The number of halogens is 6. The number of carbonyl (C=O) groups excluding carboxylic acids is 4. The van der Waals surface area contributed by atoms with E-state index in [1.807, 2.05) is 18.2 Å². The van der Waals surface area contributed by atoms with Gasteiger partial charge < -0.3 is 35.8 Å². The molecule has 8 rings (SSSR count). The number of hydrogen-bond acceptors (Lipinski definition) is 17. The number of fused-ring (bicyclic) bond motifs is 2. The van der Waals surface area contributed by atoms with Crippen LogP contribution in [0.3, 0.4) is 0 Å². The first-order valence-electron chi connectivity index (χ1n) is 21.6. The van der Waals surface area contributed by atoms with E-state index in [0.717, 1.165) is 11.1 Å². The van der Waals surface area contributed by atoms with Crippen molar-refractivity contribution < 1.29 is 33.8 Å². The van der Waals surface area contributed by atoms with Crippen molar-refractivity contribution in [2.24, 2.45) is 0 Å². The van der Waals surface area contributed by atoms with Gasteiger partial charge in [0.25, 0.3) is 0 Å². The molecule has 390 valence electrons. The summed E-state index contributed by atoms with van der Waals surface area (Å²) in [5, 5.41) is 51.5. The van der Waals surface area contributed by atoms with Gasteiger partial charge in [0, 0.05) is 52.5 Å². The van der Waals surface area contributed by atoms with Crippen molar-refractivity contribution in [2.45, 2.75) is 78.5 Å². The Morgan fingerprint density at radius 1 is 0.649 bits per heavy atom. The molecule has 0 aliphatic carbocycles. The maximum absolute atomic E-state index is 12.5. The molecule has 4 aromatic heterocycles. The van der Waals surface area contributed by atoms with Crippen LogP contribution in [0.4, 0.5) is 42.6 Å². The fraction of sp³-hybridized carbons (Fsp3) is 0.261. The Labute approximate surface area is 476 Å². The highest BCUT2D eigenvalue weighted by molar-refractivity contribution is 9.93. The van der Waals surface area contributed by atoms with Crippen molar-refractivity contribution >= 4 is 191 Å². The molecule has 4 aromatic carbocycles. The Bertz CT molecular complexity index is 3140. The normalized spacial score (nSPS) is 11.4. The quantitative estimate of drug-likeness (QED) is 0.0632. The number of rotatable bonds is 10. The van der Waals surface area contributed by atoms with Crippen LogP contribution < -0.4 is 21.3 Å². The number of benzene rings is 4. The Balaban J connectivity index is 0.000000225. The number of hydrogen-bond donors (Lipinski definition) is 5. The van der Waals surface area contributed by atoms with Gasteiger partial charge in [-0.1, -0.05) is 61.8 Å². The van der Waals surface area contributed by atoms with Gasteiger partial charge in [0.05, 0.1) is 51.5 Å². The van der Waals surface area contributed by atoms with Crippen LogP contribution in [0.5, 0.6) is 0 Å². The molecule has 28 heteroatoms. The summed E-state index contributed by atoms with van der Waals surface area (Å²) in [6.07, 6.45) is 1.85. The largest absolute Gasteiger partial charge is 0.442 e. The molecule has 4 heterocycles. The van der Waals surface area contributed by atoms with Gasteiger partial charge in [-0.2, -0.15) is 19.6 Å². The molecule has 0 radical (unpaired) electrons. The number of ether oxygens (including phenoxy) is 2. The van der Waals surface area contributed by atoms with E-state index in [4.69, 9.17) is 32.7 Å². The highest BCUT2D eigenvalue weighted by Crippen LogP contribution is 2.59. The van der Waals surface area contributed by atoms with Crippen molar-refractivity contribution in [3.8, 4) is 21.1 Å². The van der Waals surface area contributed by atoms with E-state index in [0.29, 0.717) is 91.3 Å². The topological polar surface area (TPSA) is 242 Å². The molecular weight excluding hydrogens is 1320 g/mol. The molecule has 0 atom stereocenters. The molecule has 0 aliphatic heterocycles. The van der Waals surface area contributed by atoms with Gasteiger partial charge in [-0.15, -0.1) is 20.4 Å². The summed E-state index contributed by atoms with van der Waals surface area (Å²) in [4.78, 5) is 47.8. The number of alkyl halides is 1. The number of carbonyl (C=O) groups is 4. The zero-order valence-corrected chi connectivity index (χ0v) is 50.7. The third kappa shape index (κ3) is 16.2. The Morgan fingerprint density at radius 3 is 1.41 bits per heavy atom. The minimum absolute atomic E-state index is 0.151. The van der Waals surface area contributed by atoms with Crippen LogP contribution in [0.1, 0.15) is 66.5 Å². The third-order valence-corrected chi connectivity index (χ3v) is 12.5. The second-order valence-corrected chi connectivity index (χ2v) is 36.2. The van der Waals surface area contributed by atoms with Crippen LogP contribution in [-0.4, -0.2) is 80.3 Å². The summed E-state index contributed by atoms with van der Waals surface area (Å²) in [5.41, 5.74) is 5.30. The van der Waals surface area contributed by atoms with Gasteiger partial charge in [0.15, 0.2) is 0 Å². The van der Waals surface area contributed by atoms with E-state index in [1.165, 1.54) is 58.3 Å². The van der Waals surface area contributed by atoms with E-state index in [2.05, 4.69) is 114 Å². The van der Waals surface area contributed by atoms with E-state index in [1.54, 1.807) is 84.0 Å². The van der Waals surface area contributed by atoms with Gasteiger partial charge in [-0.25, -0.2) is 9.59 Å². The minimum atomic E-state index is -0.657. The first kappa shape index (κ1) is 58.6. The van der Waals surface area contributed by atoms with Crippen molar-refractivity contribution in [1.82, 2.24) is 40.0 Å². The second-order valence-electron chi connectivity index (χ2n) is 17.6. The predicted molar refractivity (Wildman–Crippen MR) is 311 cm³/mol. The lowest BCUT2D eigenvalue weighted by Gasteiger charge is -2.19. The van der Waals surface area contributed by atoms with Crippen LogP contribution >= 0.6 is 112 Å². The molecule has 5 N–H and O–H groups in total. The summed E-state index contributed by atoms with van der Waals surface area (Å²) >= 11 is 28.8. The fourth-order valence-corrected chi connectivity index (χ4v) is 8.91. The number of amides is 2. The summed E-state index contributed by atoms with van der Waals surface area (Å²) in [6.45, 7) is 13.4. The van der Waals surface area contributed by atoms with Gasteiger partial charge in [0.2, 0.25) is 22.1 Å². The third-order valence-electron chi connectivity index (χ3n) is 9.30. The van der Waals surface area contributed by atoms with Crippen molar-refractivity contribution in [1.29, 1.82) is 0 Å². The Morgan fingerprint density at radius 2 is 1.04 bits per heavy atom. The Hall–Kier alpha value is -4.69. The second kappa shape index (κ2) is 25.4. The monoisotopic (exact) mass is 1360 g/mol. The highest BCUT2D eigenvalue weighted by Gasteiger charge is 2.24. The summed E-state index contributed by atoms with van der Waals surface area (Å²) in [7, 11) is 0. The number of anilines is 6. The fourth-order valence-electron chi connectivity index (χ4n) is 6.59. The molecule has 0 spiro atoms. The van der Waals surface area contributed by atoms with Gasteiger partial charge in [-0.05, 0) is 160 Å². The zero-order chi connectivity index (χ0) is 54.2. The number of aliphatic hydroxyl groups excluding tert-OH is 1. The van der Waals surface area contributed by atoms with Gasteiger partial charge in [0.1, 0.15) is 25.2 Å². The molecule has 0 unspecified atom stereocenters. The van der Waals surface area contributed by atoms with Crippen LogP contribution in [0.25, 0.3) is 42.9 Å². The van der Waals surface area contributed by atoms with E-state index >= 15 is 0 Å². The van der Waals surface area contributed by atoms with Gasteiger partial charge >= 0.3 is 12.2 Å². The Kier molecular flexibility index (Phi) is 20.1. The molecule has 2 amide bonds. The number of nitrogens with one attached hydrogen (secondary N) is 4. The van der Waals surface area contributed by atoms with Gasteiger partial charge in [-0.3, -0.25) is 9.59 Å². The molecule has 0 bridgehead atoms. The lowest BCUT2D eigenvalue weighted by atomic mass is 10.1. The lowest BCUT2D eigenvalue weighted by Crippen LogP contribution is -2.27. The smallest absolute Gasteiger partial charge is 0.435 e. The zero-order valence-electron chi connectivity index (χ0n) is 40.3. The van der Waals surface area contributed by atoms with Crippen LogP contribution in [0.15, 0.2) is 73.1 Å². The summed E-state index contributed by atoms with van der Waals surface area (Å²) < 4.78 is 13.0. The maximum Gasteiger partial charge on any atom is 0.435 e. The average Bonchev–Trinajstić information content (AvgIpc) is 4.14. The van der Waals surface area contributed by atoms with Crippen molar-refractivity contribution in [3.63, 3.8) is 0 Å². The van der Waals surface area contributed by atoms with Crippen molar-refractivity contribution in [2.75, 3.05) is 21.3 Å². The van der Waals surface area contributed by atoms with Crippen LogP contribution in [0.2, 0.25) is 10.0 Å². The maximum atomic E-state index is 12.5. The lowest BCUT2D eigenvalue weighted by molar-refractivity contribution is -0.115. The molecule has 8 aromatic rings. The molecule has 0 aliphatic rings. The predicted octanol–water partition coefficient (Wildman–Crippen LogP) is 15.2. The molecule has 19 nitrogen and oxygen atoms in total. The molecule has 0 saturated carbocycles. The SMILES string of the molecule is BrP(Br)Br.CC(=O)Nc1cc(CBr)cc(-c2nnc(Nc3ccc4c(cnn4C(=O)OC(C)(C)C)c3Cl)s2)c1.CC(=O)Nc1cc(CO)cc(-c2nnc(Nc3ccc4c(cnn4C(=O)OC(C)(C)C)c3Cl)s2)c1.